The molecule has 1 fully saturated rings. The minimum absolute atomic E-state index is 0.245. The van der Waals surface area contributed by atoms with Crippen LogP contribution in [0.25, 0.3) is 0 Å². The van der Waals surface area contributed by atoms with Crippen molar-refractivity contribution in [1.82, 2.24) is 10.3 Å². The van der Waals surface area contributed by atoms with Crippen molar-refractivity contribution in [2.75, 3.05) is 19.8 Å². The van der Waals surface area contributed by atoms with E-state index in [2.05, 4.69) is 30.2 Å². The van der Waals surface area contributed by atoms with Crippen LogP contribution < -0.4 is 10.1 Å². The van der Waals surface area contributed by atoms with E-state index in [0.717, 1.165) is 32.5 Å². The molecule has 2 heterocycles. The third-order valence-electron chi connectivity index (χ3n) is 3.12. The monoisotopic (exact) mass is 264 g/mol. The molecule has 1 aliphatic heterocycles. The number of hydrogen-bond donors (Lipinski definition) is 1. The molecule has 0 spiro atoms. The molecule has 1 aromatic rings. The summed E-state index contributed by atoms with van der Waals surface area (Å²) in [4.78, 5) is 4.32. The molecular formula is C15H24N2O2. The first kappa shape index (κ1) is 14.3. The smallest absolute Gasteiger partial charge is 0.213 e. The molecule has 0 aromatic carbocycles. The molecule has 1 N–H and O–H groups in total. The Kier molecular flexibility index (Phi) is 5.61. The molecule has 0 amide bonds. The highest BCUT2D eigenvalue weighted by Crippen LogP contribution is 2.14. The van der Waals surface area contributed by atoms with E-state index in [4.69, 9.17) is 9.47 Å². The topological polar surface area (TPSA) is 43.4 Å². The normalized spacial score (nSPS) is 19.0. The molecule has 0 aliphatic carbocycles. The molecule has 2 rings (SSSR count). The first-order chi connectivity index (χ1) is 9.24. The van der Waals surface area contributed by atoms with Gasteiger partial charge in [-0.3, -0.25) is 0 Å². The van der Waals surface area contributed by atoms with Gasteiger partial charge in [-0.1, -0.05) is 19.9 Å². The van der Waals surface area contributed by atoms with E-state index in [1.165, 1.54) is 5.56 Å². The molecule has 0 saturated carbocycles. The van der Waals surface area contributed by atoms with Crippen LogP contribution in [-0.2, 0) is 11.3 Å². The zero-order valence-corrected chi connectivity index (χ0v) is 11.9. The van der Waals surface area contributed by atoms with Crippen molar-refractivity contribution >= 4 is 0 Å². The average molecular weight is 264 g/mol. The van der Waals surface area contributed by atoms with Crippen molar-refractivity contribution in [3.63, 3.8) is 0 Å². The summed E-state index contributed by atoms with van der Waals surface area (Å²) < 4.78 is 11.1. The molecule has 1 unspecified atom stereocenters. The van der Waals surface area contributed by atoms with Crippen LogP contribution in [-0.4, -0.2) is 30.8 Å². The molecule has 0 bridgehead atoms. The van der Waals surface area contributed by atoms with Crippen molar-refractivity contribution in [2.24, 2.45) is 5.92 Å². The fourth-order valence-corrected chi connectivity index (χ4v) is 2.06. The molecule has 19 heavy (non-hydrogen) atoms. The van der Waals surface area contributed by atoms with Gasteiger partial charge in [0.25, 0.3) is 0 Å². The second-order valence-electron chi connectivity index (χ2n) is 5.48. The molecule has 1 atom stereocenters. The van der Waals surface area contributed by atoms with E-state index in [-0.39, 0.29) is 6.10 Å². The van der Waals surface area contributed by atoms with Crippen LogP contribution in [0.4, 0.5) is 0 Å². The van der Waals surface area contributed by atoms with Gasteiger partial charge in [0.2, 0.25) is 5.88 Å². The molecule has 1 saturated heterocycles. The second kappa shape index (κ2) is 7.46. The summed E-state index contributed by atoms with van der Waals surface area (Å²) in [6.07, 6.45) is 4.35. The summed E-state index contributed by atoms with van der Waals surface area (Å²) in [5, 5.41) is 3.40. The van der Waals surface area contributed by atoms with E-state index in [1.54, 1.807) is 0 Å². The van der Waals surface area contributed by atoms with Gasteiger partial charge in [0.1, 0.15) is 6.61 Å². The zero-order valence-electron chi connectivity index (χ0n) is 11.9. The van der Waals surface area contributed by atoms with Gasteiger partial charge in [-0.2, -0.15) is 0 Å². The van der Waals surface area contributed by atoms with E-state index >= 15 is 0 Å². The highest BCUT2D eigenvalue weighted by atomic mass is 16.5. The summed E-state index contributed by atoms with van der Waals surface area (Å²) in [6.45, 7) is 7.76. The predicted molar refractivity (Wildman–Crippen MR) is 75.3 cm³/mol. The maximum atomic E-state index is 5.63. The Morgan fingerprint density at radius 2 is 2.37 bits per heavy atom. The lowest BCUT2D eigenvalue weighted by Crippen LogP contribution is -2.19. The van der Waals surface area contributed by atoms with Crippen molar-refractivity contribution in [2.45, 2.75) is 39.3 Å². The van der Waals surface area contributed by atoms with Crippen LogP contribution in [0.15, 0.2) is 18.3 Å². The zero-order chi connectivity index (χ0) is 13.5. The van der Waals surface area contributed by atoms with Gasteiger partial charge in [-0.05, 0) is 30.9 Å². The highest BCUT2D eigenvalue weighted by molar-refractivity contribution is 5.17. The summed E-state index contributed by atoms with van der Waals surface area (Å²) in [5.74, 6) is 1.35. The predicted octanol–water partition coefficient (Wildman–Crippen LogP) is 2.39. The molecule has 1 aromatic heterocycles. The van der Waals surface area contributed by atoms with Crippen LogP contribution in [0.3, 0.4) is 0 Å². The summed E-state index contributed by atoms with van der Waals surface area (Å²) in [6, 6.07) is 3.99. The number of rotatable bonds is 7. The fourth-order valence-electron chi connectivity index (χ4n) is 2.06. The number of ether oxygens (including phenoxy) is 2. The molecule has 106 valence electrons. The Morgan fingerprint density at radius 3 is 3.00 bits per heavy atom. The highest BCUT2D eigenvalue weighted by Gasteiger charge is 2.16. The third kappa shape index (κ3) is 5.17. The molecule has 0 radical (unpaired) electrons. The van der Waals surface area contributed by atoms with Gasteiger partial charge < -0.3 is 14.8 Å². The van der Waals surface area contributed by atoms with Gasteiger partial charge in [0, 0.05) is 25.4 Å². The third-order valence-corrected chi connectivity index (χ3v) is 3.12. The standard InChI is InChI=1S/C15H24N2O2/c1-12(2)8-16-9-13-5-6-15(17-10-13)19-11-14-4-3-7-18-14/h5-6,10,12,14,16H,3-4,7-9,11H2,1-2H3. The summed E-state index contributed by atoms with van der Waals surface area (Å²) in [5.41, 5.74) is 1.19. The number of nitrogens with one attached hydrogen (secondary N) is 1. The number of pyridine rings is 1. The average Bonchev–Trinajstić information content (AvgIpc) is 2.90. The Morgan fingerprint density at radius 1 is 1.47 bits per heavy atom. The Hall–Kier alpha value is -1.13. The Labute approximate surface area is 115 Å². The quantitative estimate of drug-likeness (QED) is 0.821. The van der Waals surface area contributed by atoms with Crippen LogP contribution in [0.1, 0.15) is 32.3 Å². The molecule has 1 aliphatic rings. The van der Waals surface area contributed by atoms with Gasteiger partial charge in [-0.15, -0.1) is 0 Å². The number of nitrogens with zero attached hydrogens (tertiary/aromatic N) is 1. The Balaban J connectivity index is 1.71. The van der Waals surface area contributed by atoms with Crippen LogP contribution in [0, 0.1) is 5.92 Å². The largest absolute Gasteiger partial charge is 0.475 e. The lowest BCUT2D eigenvalue weighted by molar-refractivity contribution is 0.0663. The van der Waals surface area contributed by atoms with E-state index < -0.39 is 0 Å². The van der Waals surface area contributed by atoms with E-state index in [9.17, 15) is 0 Å². The van der Waals surface area contributed by atoms with Gasteiger partial charge >= 0.3 is 0 Å². The lowest BCUT2D eigenvalue weighted by Gasteiger charge is -2.11. The number of hydrogen-bond acceptors (Lipinski definition) is 4. The molecule has 4 nitrogen and oxygen atoms in total. The molecular weight excluding hydrogens is 240 g/mol. The van der Waals surface area contributed by atoms with Gasteiger partial charge in [-0.25, -0.2) is 4.98 Å². The SMILES string of the molecule is CC(C)CNCc1ccc(OCC2CCCO2)nc1. The summed E-state index contributed by atoms with van der Waals surface area (Å²) >= 11 is 0. The Bertz CT molecular complexity index is 359. The molecule has 4 heteroatoms. The van der Waals surface area contributed by atoms with Crippen LogP contribution in [0.2, 0.25) is 0 Å². The van der Waals surface area contributed by atoms with Crippen molar-refractivity contribution < 1.29 is 9.47 Å². The van der Waals surface area contributed by atoms with Gasteiger partial charge in [0.15, 0.2) is 0 Å². The van der Waals surface area contributed by atoms with E-state index in [1.807, 2.05) is 12.3 Å². The van der Waals surface area contributed by atoms with Crippen molar-refractivity contribution in [3.05, 3.63) is 23.9 Å². The number of aromatic nitrogens is 1. The minimum atomic E-state index is 0.245. The fraction of sp³-hybridized carbons (Fsp3) is 0.667. The van der Waals surface area contributed by atoms with E-state index in [0.29, 0.717) is 18.4 Å². The van der Waals surface area contributed by atoms with Crippen LogP contribution in [0.5, 0.6) is 5.88 Å². The van der Waals surface area contributed by atoms with Crippen molar-refractivity contribution in [3.8, 4) is 5.88 Å². The second-order valence-corrected chi connectivity index (χ2v) is 5.48. The first-order valence-electron chi connectivity index (χ1n) is 7.14. The van der Waals surface area contributed by atoms with Crippen molar-refractivity contribution in [1.29, 1.82) is 0 Å². The minimum Gasteiger partial charge on any atom is -0.475 e. The summed E-state index contributed by atoms with van der Waals surface area (Å²) in [7, 11) is 0. The van der Waals surface area contributed by atoms with Crippen LogP contribution >= 0.6 is 0 Å². The maximum absolute atomic E-state index is 5.63. The van der Waals surface area contributed by atoms with Gasteiger partial charge in [0.05, 0.1) is 6.10 Å². The first-order valence-corrected chi connectivity index (χ1v) is 7.14. The maximum Gasteiger partial charge on any atom is 0.213 e. The lowest BCUT2D eigenvalue weighted by atomic mass is 10.2.